The van der Waals surface area contributed by atoms with Crippen LogP contribution in [0.25, 0.3) is 83.9 Å². The number of nitrogens with zero attached hydrogens (tertiary/aromatic N) is 3. The van der Waals surface area contributed by atoms with Crippen LogP contribution in [0, 0.1) is 0 Å². The lowest BCUT2D eigenvalue weighted by Crippen LogP contribution is -2.78. The van der Waals surface area contributed by atoms with Crippen LogP contribution in [-0.4, -0.2) is 4.57 Å². The molecule has 0 amide bonds. The second-order valence-corrected chi connectivity index (χ2v) is 19.1. The van der Waals surface area contributed by atoms with Gasteiger partial charge in [-0.3, -0.25) is 0 Å². The van der Waals surface area contributed by atoms with Gasteiger partial charge in [-0.2, -0.15) is 4.57 Å². The first-order valence-electron chi connectivity index (χ1n) is 21.5. The van der Waals surface area contributed by atoms with E-state index < -0.39 is 5.85 Å². The molecule has 1 unspecified atom stereocenters. The van der Waals surface area contributed by atoms with Crippen LogP contribution in [0.4, 0.5) is 0 Å². The van der Waals surface area contributed by atoms with Crippen LogP contribution in [0.5, 0.6) is 5.75 Å². The molecule has 1 atom stereocenters. The van der Waals surface area contributed by atoms with E-state index in [1.807, 2.05) is 0 Å². The maximum atomic E-state index is 7.67. The van der Waals surface area contributed by atoms with Gasteiger partial charge in [-0.25, -0.2) is 0 Å². The molecule has 0 aliphatic carbocycles. The van der Waals surface area contributed by atoms with Crippen molar-refractivity contribution in [1.29, 1.82) is 0 Å². The molecule has 1 spiro atoms. The molecule has 0 saturated carbocycles. The second kappa shape index (κ2) is 12.5. The van der Waals surface area contributed by atoms with Crippen molar-refractivity contribution in [2.45, 2.75) is 58.2 Å². The van der Waals surface area contributed by atoms with Crippen LogP contribution in [0.2, 0.25) is 0 Å². The zero-order valence-electron chi connectivity index (χ0n) is 35.5. The van der Waals surface area contributed by atoms with Crippen molar-refractivity contribution in [3.8, 4) is 78.6 Å². The largest absolute Gasteiger partial charge is 0.499 e. The third-order valence-corrected chi connectivity index (χ3v) is 13.2. The Morgan fingerprint density at radius 3 is 1.77 bits per heavy atom. The first-order valence-corrected chi connectivity index (χ1v) is 21.5. The van der Waals surface area contributed by atoms with Gasteiger partial charge in [-0.15, -0.1) is 9.13 Å². The number of aromatic nitrogens is 3. The minimum absolute atomic E-state index is 0.0780. The Kier molecular flexibility index (Phi) is 7.35. The van der Waals surface area contributed by atoms with Crippen molar-refractivity contribution in [3.05, 3.63) is 193 Å². The summed E-state index contributed by atoms with van der Waals surface area (Å²) in [5.74, 6) is 0.951. The molecule has 4 heteroatoms. The summed E-state index contributed by atoms with van der Waals surface area (Å²) in [5.41, 5.74) is 20.1. The van der Waals surface area contributed by atoms with E-state index in [2.05, 4.69) is 231 Å². The first kappa shape index (κ1) is 35.9. The van der Waals surface area contributed by atoms with Crippen LogP contribution < -0.4 is 13.9 Å². The predicted molar refractivity (Wildman–Crippen MR) is 247 cm³/mol. The lowest BCUT2D eigenvalue weighted by molar-refractivity contribution is -0.997. The number of benzene rings is 7. The molecule has 2 aromatic heterocycles. The van der Waals surface area contributed by atoms with Crippen molar-refractivity contribution in [1.82, 2.24) is 4.57 Å². The quantitative estimate of drug-likeness (QED) is 0.163. The summed E-state index contributed by atoms with van der Waals surface area (Å²) < 4.78 is 15.1. The molecule has 294 valence electrons. The van der Waals surface area contributed by atoms with Crippen molar-refractivity contribution in [3.63, 3.8) is 0 Å². The maximum absolute atomic E-state index is 7.67. The van der Waals surface area contributed by atoms with Gasteiger partial charge in [0.15, 0.2) is 17.2 Å². The van der Waals surface area contributed by atoms with Gasteiger partial charge in [0.25, 0.3) is 0 Å². The topological polar surface area (TPSA) is 21.9 Å². The van der Waals surface area contributed by atoms with Crippen molar-refractivity contribution in [2.24, 2.45) is 0 Å². The standard InChI is InChI=1S/C57H47N3O/c1-55(2,3)42-30-41(37-18-11-8-12-19-37)31-44(33-42)59-49-22-15-21-45-47-34-43(56(4,5)6)35-48-50-32-40(39-26-24-38(25-27-39)36-16-9-7-10-17-36)28-29-58(50)57(52(47)48)60(53(45)49)54(59)46-20-13-14-23-51(46)61-57/h7-35H,1-6H3/q+2. The molecule has 5 heterocycles. The lowest BCUT2D eigenvalue weighted by atomic mass is 9.80. The molecule has 3 aliphatic heterocycles. The van der Waals surface area contributed by atoms with E-state index in [1.54, 1.807) is 0 Å². The van der Waals surface area contributed by atoms with Crippen molar-refractivity contribution < 1.29 is 13.9 Å². The van der Waals surface area contributed by atoms with E-state index >= 15 is 0 Å². The lowest BCUT2D eigenvalue weighted by Gasteiger charge is -2.32. The number of ether oxygens (including phenoxy) is 1. The van der Waals surface area contributed by atoms with Crippen LogP contribution in [0.3, 0.4) is 0 Å². The fraction of sp³-hybridized carbons (Fsp3) is 0.158. The number of hydrogen-bond acceptors (Lipinski definition) is 1. The summed E-state index contributed by atoms with van der Waals surface area (Å²) in [6.45, 7) is 13.9. The zero-order valence-corrected chi connectivity index (χ0v) is 35.5. The summed E-state index contributed by atoms with van der Waals surface area (Å²) in [4.78, 5) is 0. The molecule has 0 saturated heterocycles. The molecule has 7 aromatic carbocycles. The van der Waals surface area contributed by atoms with Gasteiger partial charge < -0.3 is 4.74 Å². The minimum Gasteiger partial charge on any atom is -0.392 e. The van der Waals surface area contributed by atoms with Crippen molar-refractivity contribution in [2.75, 3.05) is 0 Å². The van der Waals surface area contributed by atoms with Gasteiger partial charge >= 0.3 is 11.7 Å². The fourth-order valence-corrected chi connectivity index (χ4v) is 10.1. The van der Waals surface area contributed by atoms with Gasteiger partial charge in [-0.05, 0) is 104 Å². The molecular weight excluding hydrogens is 743 g/mol. The highest BCUT2D eigenvalue weighted by atomic mass is 16.5. The van der Waals surface area contributed by atoms with E-state index in [0.29, 0.717) is 0 Å². The van der Waals surface area contributed by atoms with Gasteiger partial charge in [-0.1, -0.05) is 151 Å². The van der Waals surface area contributed by atoms with E-state index in [1.165, 1.54) is 72.3 Å². The Balaban J connectivity index is 1.18. The molecule has 0 N–H and O–H groups in total. The third kappa shape index (κ3) is 5.12. The van der Waals surface area contributed by atoms with Gasteiger partial charge in [0, 0.05) is 23.3 Å². The molecular formula is C57H47N3O+2. The Morgan fingerprint density at radius 1 is 0.475 bits per heavy atom. The number of rotatable bonds is 4. The van der Waals surface area contributed by atoms with Crippen LogP contribution in [-0.2, 0) is 16.7 Å². The number of para-hydroxylation sites is 2. The number of imidazole rings is 1. The second-order valence-electron chi connectivity index (χ2n) is 19.1. The Hall–Kier alpha value is -7.04. The summed E-state index contributed by atoms with van der Waals surface area (Å²) in [7, 11) is 0. The van der Waals surface area contributed by atoms with Crippen LogP contribution >= 0.6 is 0 Å². The summed E-state index contributed by atoms with van der Waals surface area (Å²) >= 11 is 0. The normalized spacial score (nSPS) is 15.6. The van der Waals surface area contributed by atoms with E-state index in [-0.39, 0.29) is 10.8 Å². The highest BCUT2D eigenvalue weighted by molar-refractivity contribution is 5.98. The molecule has 4 nitrogen and oxygen atoms in total. The Morgan fingerprint density at radius 2 is 1.07 bits per heavy atom. The third-order valence-electron chi connectivity index (χ3n) is 13.2. The van der Waals surface area contributed by atoms with Gasteiger partial charge in [0.2, 0.25) is 5.69 Å². The van der Waals surface area contributed by atoms with Gasteiger partial charge in [0.05, 0.1) is 5.56 Å². The monoisotopic (exact) mass is 789 g/mol. The smallest absolute Gasteiger partial charge is 0.392 e. The zero-order chi connectivity index (χ0) is 41.4. The van der Waals surface area contributed by atoms with E-state index in [0.717, 1.165) is 34.0 Å². The fourth-order valence-electron chi connectivity index (χ4n) is 10.1. The number of hydrogen-bond donors (Lipinski definition) is 0. The Bertz CT molecular complexity index is 3270. The van der Waals surface area contributed by atoms with E-state index in [9.17, 15) is 0 Å². The van der Waals surface area contributed by atoms with Crippen LogP contribution in [0.1, 0.15) is 58.2 Å². The maximum Gasteiger partial charge on any atom is 0.499 e. The molecule has 0 fully saturated rings. The highest BCUT2D eigenvalue weighted by Gasteiger charge is 2.68. The van der Waals surface area contributed by atoms with Gasteiger partial charge in [0.1, 0.15) is 22.6 Å². The van der Waals surface area contributed by atoms with Crippen LogP contribution in [0.15, 0.2) is 176 Å². The molecule has 0 bridgehead atoms. The average molecular weight is 790 g/mol. The SMILES string of the molecule is CC(C)(C)c1cc(-c2ccccc2)cc(-n2c3[n+]4c5c(cccc52)-c2cc(C(C)(C)C)cc5c2C4(Oc2ccccc2-3)[n+]2ccc(-c3ccc(-c4ccccc4)cc3)cc2-5)c1. The Labute approximate surface area is 357 Å². The number of pyridine rings is 1. The minimum atomic E-state index is -1.02. The number of fused-ring (bicyclic) bond motifs is 5. The first-order chi connectivity index (χ1) is 29.5. The van der Waals surface area contributed by atoms with Crippen molar-refractivity contribution >= 4 is 11.0 Å². The summed E-state index contributed by atoms with van der Waals surface area (Å²) in [5, 5.41) is 0. The molecule has 9 aromatic rings. The average Bonchev–Trinajstić information content (AvgIpc) is 3.77. The van der Waals surface area contributed by atoms with E-state index in [4.69, 9.17) is 4.74 Å². The molecule has 0 radical (unpaired) electrons. The predicted octanol–water partition coefficient (Wildman–Crippen LogP) is 13.0. The molecule has 3 aliphatic rings. The molecule has 12 rings (SSSR count). The summed E-state index contributed by atoms with van der Waals surface area (Å²) in [6, 6.07) is 62.6. The molecule has 61 heavy (non-hydrogen) atoms. The highest BCUT2D eigenvalue weighted by Crippen LogP contribution is 2.54. The summed E-state index contributed by atoms with van der Waals surface area (Å²) in [6.07, 6.45) is 2.27.